The van der Waals surface area contributed by atoms with E-state index in [4.69, 9.17) is 4.74 Å². The van der Waals surface area contributed by atoms with Gasteiger partial charge >= 0.3 is 0 Å². The minimum absolute atomic E-state index is 0.0457. The molecule has 0 aromatic carbocycles. The van der Waals surface area contributed by atoms with Crippen molar-refractivity contribution < 1.29 is 9.53 Å². The molecule has 1 aromatic rings. The molecule has 2 atom stereocenters. The Labute approximate surface area is 108 Å². The molecule has 1 aliphatic heterocycles. The molecule has 5 heteroatoms. The fourth-order valence-corrected chi connectivity index (χ4v) is 2.28. The quantitative estimate of drug-likeness (QED) is 0.882. The third kappa shape index (κ3) is 2.72. The third-order valence-electron chi connectivity index (χ3n) is 3.40. The summed E-state index contributed by atoms with van der Waals surface area (Å²) in [5.74, 6) is -0.0600. The molecule has 0 bridgehead atoms. The smallest absolute Gasteiger partial charge is 0.255 e. The molecule has 0 unspecified atom stereocenters. The average molecular weight is 251 g/mol. The maximum Gasteiger partial charge on any atom is 0.255 e. The summed E-state index contributed by atoms with van der Waals surface area (Å²) in [6, 6.07) is 0.0457. The van der Waals surface area contributed by atoms with Gasteiger partial charge < -0.3 is 10.1 Å². The van der Waals surface area contributed by atoms with Crippen LogP contribution in [0.3, 0.4) is 0 Å². The lowest BCUT2D eigenvalue weighted by atomic mass is 10.1. The van der Waals surface area contributed by atoms with E-state index in [0.29, 0.717) is 5.56 Å². The van der Waals surface area contributed by atoms with E-state index in [2.05, 4.69) is 10.4 Å². The second-order valence-electron chi connectivity index (χ2n) is 4.80. The van der Waals surface area contributed by atoms with Crippen LogP contribution >= 0.6 is 0 Å². The number of hydrogen-bond acceptors (Lipinski definition) is 3. The largest absolute Gasteiger partial charge is 0.376 e. The summed E-state index contributed by atoms with van der Waals surface area (Å²) in [4.78, 5) is 12.1. The van der Waals surface area contributed by atoms with Crippen molar-refractivity contribution in [2.45, 2.75) is 52.3 Å². The summed E-state index contributed by atoms with van der Waals surface area (Å²) in [5.41, 5.74) is 1.43. The van der Waals surface area contributed by atoms with E-state index in [1.54, 1.807) is 10.9 Å². The first-order valence-corrected chi connectivity index (χ1v) is 6.58. The van der Waals surface area contributed by atoms with Crippen molar-refractivity contribution in [1.29, 1.82) is 0 Å². The molecule has 2 heterocycles. The molecule has 18 heavy (non-hydrogen) atoms. The van der Waals surface area contributed by atoms with Gasteiger partial charge in [0, 0.05) is 19.3 Å². The maximum absolute atomic E-state index is 12.1. The Bertz CT molecular complexity index is 422. The van der Waals surface area contributed by atoms with Crippen LogP contribution in [0, 0.1) is 6.92 Å². The zero-order valence-corrected chi connectivity index (χ0v) is 11.3. The molecule has 0 radical (unpaired) electrons. The Balaban J connectivity index is 1.99. The number of nitrogens with one attached hydrogen (secondary N) is 1. The summed E-state index contributed by atoms with van der Waals surface area (Å²) < 4.78 is 7.35. The normalized spacial score (nSPS) is 20.9. The number of rotatable bonds is 4. The van der Waals surface area contributed by atoms with Gasteiger partial charge in [0.05, 0.1) is 23.4 Å². The number of nitrogens with zero attached hydrogens (tertiary/aromatic N) is 2. The standard InChI is InChI=1S/C13H21N3O2/c1-4-16-8-11(9(2)15-16)13(17)14-10(3)12-6-5-7-18-12/h8,10,12H,4-7H2,1-3H3,(H,14,17)/t10-,12-/m0/s1. The molecule has 0 spiro atoms. The van der Waals surface area contributed by atoms with Gasteiger partial charge in [-0.2, -0.15) is 5.10 Å². The highest BCUT2D eigenvalue weighted by atomic mass is 16.5. The van der Waals surface area contributed by atoms with E-state index in [9.17, 15) is 4.79 Å². The summed E-state index contributed by atoms with van der Waals surface area (Å²) >= 11 is 0. The summed E-state index contributed by atoms with van der Waals surface area (Å²) in [6.07, 6.45) is 4.05. The van der Waals surface area contributed by atoms with E-state index in [-0.39, 0.29) is 18.1 Å². The van der Waals surface area contributed by atoms with Gasteiger partial charge in [-0.1, -0.05) is 0 Å². The first-order chi connectivity index (χ1) is 8.61. The molecule has 1 saturated heterocycles. The second kappa shape index (κ2) is 5.52. The molecule has 1 fully saturated rings. The van der Waals surface area contributed by atoms with Crippen LogP contribution in [-0.2, 0) is 11.3 Å². The summed E-state index contributed by atoms with van der Waals surface area (Å²) in [5, 5.41) is 7.28. The molecule has 100 valence electrons. The zero-order valence-electron chi connectivity index (χ0n) is 11.3. The van der Waals surface area contributed by atoms with Crippen molar-refractivity contribution in [3.05, 3.63) is 17.5 Å². The van der Waals surface area contributed by atoms with Crippen LogP contribution in [0.5, 0.6) is 0 Å². The van der Waals surface area contributed by atoms with Crippen molar-refractivity contribution >= 4 is 5.91 Å². The molecular formula is C13H21N3O2. The number of amides is 1. The van der Waals surface area contributed by atoms with Crippen molar-refractivity contribution in [2.24, 2.45) is 0 Å². The Morgan fingerprint density at radius 3 is 3.06 bits per heavy atom. The van der Waals surface area contributed by atoms with Gasteiger partial charge in [0.2, 0.25) is 0 Å². The molecule has 0 saturated carbocycles. The number of ether oxygens (including phenoxy) is 1. The predicted octanol–water partition coefficient (Wildman–Crippen LogP) is 1.51. The van der Waals surface area contributed by atoms with Crippen LogP contribution in [0.25, 0.3) is 0 Å². The van der Waals surface area contributed by atoms with Crippen LogP contribution in [-0.4, -0.2) is 34.4 Å². The van der Waals surface area contributed by atoms with Gasteiger partial charge in [-0.3, -0.25) is 9.48 Å². The van der Waals surface area contributed by atoms with Crippen LogP contribution in [0.15, 0.2) is 6.20 Å². The van der Waals surface area contributed by atoms with Crippen molar-refractivity contribution in [3.63, 3.8) is 0 Å². The molecule has 5 nitrogen and oxygen atoms in total. The van der Waals surface area contributed by atoms with Crippen LogP contribution < -0.4 is 5.32 Å². The summed E-state index contributed by atoms with van der Waals surface area (Å²) in [6.45, 7) is 7.43. The van der Waals surface area contributed by atoms with Crippen LogP contribution in [0.4, 0.5) is 0 Å². The minimum atomic E-state index is -0.0600. The Hall–Kier alpha value is -1.36. The molecule has 1 aliphatic rings. The van der Waals surface area contributed by atoms with Crippen molar-refractivity contribution in [1.82, 2.24) is 15.1 Å². The number of hydrogen-bond donors (Lipinski definition) is 1. The van der Waals surface area contributed by atoms with E-state index >= 15 is 0 Å². The van der Waals surface area contributed by atoms with Gasteiger partial charge in [0.1, 0.15) is 0 Å². The Morgan fingerprint density at radius 1 is 1.72 bits per heavy atom. The lowest BCUT2D eigenvalue weighted by Gasteiger charge is -2.19. The number of carbonyl (C=O) groups is 1. The highest BCUT2D eigenvalue weighted by molar-refractivity contribution is 5.95. The fraction of sp³-hybridized carbons (Fsp3) is 0.692. The molecule has 2 rings (SSSR count). The van der Waals surface area contributed by atoms with Gasteiger partial charge in [-0.15, -0.1) is 0 Å². The number of carbonyl (C=O) groups excluding carboxylic acids is 1. The van der Waals surface area contributed by atoms with Gasteiger partial charge in [-0.05, 0) is 33.6 Å². The Morgan fingerprint density at radius 2 is 2.50 bits per heavy atom. The first kappa shape index (κ1) is 13.1. The van der Waals surface area contributed by atoms with Crippen LogP contribution in [0.2, 0.25) is 0 Å². The van der Waals surface area contributed by atoms with E-state index in [0.717, 1.165) is 31.7 Å². The number of aromatic nitrogens is 2. The molecule has 1 amide bonds. The van der Waals surface area contributed by atoms with E-state index < -0.39 is 0 Å². The highest BCUT2D eigenvalue weighted by Gasteiger charge is 2.24. The van der Waals surface area contributed by atoms with Gasteiger partial charge in [0.15, 0.2) is 0 Å². The summed E-state index contributed by atoms with van der Waals surface area (Å²) in [7, 11) is 0. The van der Waals surface area contributed by atoms with Crippen LogP contribution in [0.1, 0.15) is 42.7 Å². The molecule has 0 aliphatic carbocycles. The average Bonchev–Trinajstić information content (AvgIpc) is 2.97. The second-order valence-corrected chi connectivity index (χ2v) is 4.80. The van der Waals surface area contributed by atoms with E-state index in [1.807, 2.05) is 20.8 Å². The van der Waals surface area contributed by atoms with Gasteiger partial charge in [0.25, 0.3) is 5.91 Å². The third-order valence-corrected chi connectivity index (χ3v) is 3.40. The van der Waals surface area contributed by atoms with Gasteiger partial charge in [-0.25, -0.2) is 0 Å². The molecular weight excluding hydrogens is 230 g/mol. The zero-order chi connectivity index (χ0) is 13.1. The lowest BCUT2D eigenvalue weighted by Crippen LogP contribution is -2.40. The predicted molar refractivity (Wildman–Crippen MR) is 68.5 cm³/mol. The molecule has 1 aromatic heterocycles. The SMILES string of the molecule is CCn1cc(C(=O)N[C@@H](C)[C@@H]2CCCO2)c(C)n1. The fourth-order valence-electron chi connectivity index (χ4n) is 2.28. The maximum atomic E-state index is 12.1. The van der Waals surface area contributed by atoms with Crippen molar-refractivity contribution in [2.75, 3.05) is 6.61 Å². The topological polar surface area (TPSA) is 56.2 Å². The minimum Gasteiger partial charge on any atom is -0.376 e. The Kier molecular flexibility index (Phi) is 4.01. The highest BCUT2D eigenvalue weighted by Crippen LogP contribution is 2.16. The first-order valence-electron chi connectivity index (χ1n) is 6.58. The molecule has 1 N–H and O–H groups in total. The monoisotopic (exact) mass is 251 g/mol. The number of aryl methyl sites for hydroxylation is 2. The van der Waals surface area contributed by atoms with Crippen molar-refractivity contribution in [3.8, 4) is 0 Å². The van der Waals surface area contributed by atoms with E-state index in [1.165, 1.54) is 0 Å². The lowest BCUT2D eigenvalue weighted by molar-refractivity contribution is 0.0712.